The van der Waals surface area contributed by atoms with E-state index in [9.17, 15) is 14.9 Å². The van der Waals surface area contributed by atoms with Crippen molar-refractivity contribution in [2.45, 2.75) is 18.7 Å². The molecule has 0 amide bonds. The number of nitro groups is 1. The lowest BCUT2D eigenvalue weighted by atomic mass is 10.0. The SMILES string of the molecule is Cc1c(C(=O)O)ccc(C(C)Br)c1[N+](=O)[O-]. The molecule has 0 saturated heterocycles. The van der Waals surface area contributed by atoms with Gasteiger partial charge in [0.05, 0.1) is 10.5 Å². The van der Waals surface area contributed by atoms with Crippen LogP contribution in [0.4, 0.5) is 5.69 Å². The van der Waals surface area contributed by atoms with E-state index in [0.717, 1.165) is 0 Å². The second kappa shape index (κ2) is 4.61. The number of nitro benzene ring substituents is 1. The molecule has 16 heavy (non-hydrogen) atoms. The van der Waals surface area contributed by atoms with Crippen molar-refractivity contribution in [3.8, 4) is 0 Å². The van der Waals surface area contributed by atoms with Crippen LogP contribution in [0.5, 0.6) is 0 Å². The summed E-state index contributed by atoms with van der Waals surface area (Å²) in [6, 6.07) is 2.85. The molecule has 0 spiro atoms. The third-order valence-electron chi connectivity index (χ3n) is 2.30. The zero-order valence-corrected chi connectivity index (χ0v) is 10.3. The summed E-state index contributed by atoms with van der Waals surface area (Å²) >= 11 is 3.25. The topological polar surface area (TPSA) is 80.4 Å². The second-order valence-electron chi connectivity index (χ2n) is 3.35. The van der Waals surface area contributed by atoms with E-state index in [4.69, 9.17) is 5.11 Å². The van der Waals surface area contributed by atoms with Gasteiger partial charge in [-0.2, -0.15) is 0 Å². The first-order valence-electron chi connectivity index (χ1n) is 4.51. The van der Waals surface area contributed by atoms with Crippen LogP contribution in [0, 0.1) is 17.0 Å². The maximum Gasteiger partial charge on any atom is 0.336 e. The van der Waals surface area contributed by atoms with Gasteiger partial charge in [-0.05, 0) is 19.9 Å². The molecular weight excluding hydrogens is 278 g/mol. The number of carboxylic acids is 1. The van der Waals surface area contributed by atoms with Gasteiger partial charge in [0.1, 0.15) is 0 Å². The van der Waals surface area contributed by atoms with Crippen molar-refractivity contribution >= 4 is 27.6 Å². The zero-order chi connectivity index (χ0) is 12.5. The number of hydrogen-bond donors (Lipinski definition) is 1. The number of halogens is 1. The Morgan fingerprint density at radius 2 is 2.12 bits per heavy atom. The Balaban J connectivity index is 3.54. The van der Waals surface area contributed by atoms with Crippen molar-refractivity contribution in [1.82, 2.24) is 0 Å². The molecule has 1 atom stereocenters. The summed E-state index contributed by atoms with van der Waals surface area (Å²) < 4.78 is 0. The second-order valence-corrected chi connectivity index (χ2v) is 4.73. The van der Waals surface area contributed by atoms with Crippen LogP contribution in [-0.2, 0) is 0 Å². The summed E-state index contributed by atoms with van der Waals surface area (Å²) in [6.07, 6.45) is 0. The number of rotatable bonds is 3. The Morgan fingerprint density at radius 1 is 1.56 bits per heavy atom. The van der Waals surface area contributed by atoms with E-state index in [-0.39, 0.29) is 21.6 Å². The minimum atomic E-state index is -1.16. The monoisotopic (exact) mass is 287 g/mol. The summed E-state index contributed by atoms with van der Waals surface area (Å²) in [5.74, 6) is -1.16. The first-order chi connectivity index (χ1) is 7.36. The highest BCUT2D eigenvalue weighted by Crippen LogP contribution is 2.34. The van der Waals surface area contributed by atoms with Gasteiger partial charge in [0.15, 0.2) is 0 Å². The van der Waals surface area contributed by atoms with E-state index >= 15 is 0 Å². The van der Waals surface area contributed by atoms with Crippen LogP contribution in [-0.4, -0.2) is 16.0 Å². The van der Waals surface area contributed by atoms with Gasteiger partial charge in [0.2, 0.25) is 0 Å². The van der Waals surface area contributed by atoms with Crippen molar-refractivity contribution in [2.24, 2.45) is 0 Å². The molecule has 0 bridgehead atoms. The molecule has 0 aliphatic carbocycles. The quantitative estimate of drug-likeness (QED) is 0.526. The normalized spacial score (nSPS) is 12.2. The summed E-state index contributed by atoms with van der Waals surface area (Å²) in [4.78, 5) is 21.0. The van der Waals surface area contributed by atoms with Crippen molar-refractivity contribution in [3.63, 3.8) is 0 Å². The average molecular weight is 288 g/mol. The molecule has 0 fully saturated rings. The molecular formula is C10H10BrNO4. The van der Waals surface area contributed by atoms with Gasteiger partial charge >= 0.3 is 5.97 Å². The fourth-order valence-corrected chi connectivity index (χ4v) is 1.89. The summed E-state index contributed by atoms with van der Waals surface area (Å²) in [5.41, 5.74) is 0.488. The smallest absolute Gasteiger partial charge is 0.336 e. The fourth-order valence-electron chi connectivity index (χ4n) is 1.52. The fraction of sp³-hybridized carbons (Fsp3) is 0.300. The number of alkyl halides is 1. The van der Waals surface area contributed by atoms with Gasteiger partial charge in [-0.25, -0.2) is 4.79 Å². The maximum absolute atomic E-state index is 10.9. The number of carbonyl (C=O) groups is 1. The molecule has 5 nitrogen and oxygen atoms in total. The Hall–Kier alpha value is -1.43. The van der Waals surface area contributed by atoms with E-state index in [2.05, 4.69) is 15.9 Å². The minimum Gasteiger partial charge on any atom is -0.478 e. The van der Waals surface area contributed by atoms with Crippen LogP contribution in [0.25, 0.3) is 0 Å². The molecule has 1 N–H and O–H groups in total. The van der Waals surface area contributed by atoms with Gasteiger partial charge in [-0.1, -0.05) is 22.0 Å². The molecule has 0 saturated carbocycles. The predicted molar refractivity (Wildman–Crippen MR) is 62.1 cm³/mol. The molecule has 0 heterocycles. The van der Waals surface area contributed by atoms with Crippen molar-refractivity contribution in [1.29, 1.82) is 0 Å². The zero-order valence-electron chi connectivity index (χ0n) is 8.73. The standard InChI is InChI=1S/C10H10BrNO4/c1-5-7(10(13)14)3-4-8(6(2)11)9(5)12(15)16/h3-4,6H,1-2H3,(H,13,14). The number of hydrogen-bond acceptors (Lipinski definition) is 3. The lowest BCUT2D eigenvalue weighted by molar-refractivity contribution is -0.386. The average Bonchev–Trinajstić information content (AvgIpc) is 2.15. The van der Waals surface area contributed by atoms with E-state index in [0.29, 0.717) is 5.56 Å². The van der Waals surface area contributed by atoms with E-state index in [1.54, 1.807) is 6.92 Å². The van der Waals surface area contributed by atoms with E-state index < -0.39 is 10.9 Å². The lowest BCUT2D eigenvalue weighted by Gasteiger charge is -2.09. The third kappa shape index (κ3) is 2.21. The van der Waals surface area contributed by atoms with Crippen molar-refractivity contribution in [3.05, 3.63) is 38.9 Å². The summed E-state index contributed by atoms with van der Waals surface area (Å²) in [7, 11) is 0. The minimum absolute atomic E-state index is 0.0383. The number of carboxylic acid groups (broad SMARTS) is 1. The molecule has 0 aliphatic heterocycles. The van der Waals surface area contributed by atoms with E-state index in [1.807, 2.05) is 0 Å². The highest BCUT2D eigenvalue weighted by atomic mass is 79.9. The Labute approximate surface area is 100 Å². The van der Waals surface area contributed by atoms with Crippen LogP contribution in [0.2, 0.25) is 0 Å². The number of benzene rings is 1. The molecule has 0 aliphatic rings. The molecule has 0 radical (unpaired) electrons. The Bertz CT molecular complexity index is 456. The number of nitrogens with zero attached hydrogens (tertiary/aromatic N) is 1. The predicted octanol–water partition coefficient (Wildman–Crippen LogP) is 3.06. The third-order valence-corrected chi connectivity index (χ3v) is 2.80. The molecule has 1 aromatic carbocycles. The first kappa shape index (κ1) is 12.6. The van der Waals surface area contributed by atoms with Crippen LogP contribution < -0.4 is 0 Å². The lowest BCUT2D eigenvalue weighted by Crippen LogP contribution is -2.06. The van der Waals surface area contributed by atoms with E-state index in [1.165, 1.54) is 19.1 Å². The number of aromatic carboxylic acids is 1. The molecule has 1 unspecified atom stereocenters. The van der Waals surface area contributed by atoms with Gasteiger partial charge in [0, 0.05) is 16.0 Å². The summed E-state index contributed by atoms with van der Waals surface area (Å²) in [5, 5.41) is 19.8. The largest absolute Gasteiger partial charge is 0.478 e. The highest BCUT2D eigenvalue weighted by Gasteiger charge is 2.24. The van der Waals surface area contributed by atoms with Crippen molar-refractivity contribution in [2.75, 3.05) is 0 Å². The van der Waals surface area contributed by atoms with Crippen LogP contribution in [0.15, 0.2) is 12.1 Å². The van der Waals surface area contributed by atoms with Crippen LogP contribution in [0.3, 0.4) is 0 Å². The van der Waals surface area contributed by atoms with Gasteiger partial charge in [-0.3, -0.25) is 10.1 Å². The Kier molecular flexibility index (Phi) is 3.64. The highest BCUT2D eigenvalue weighted by molar-refractivity contribution is 9.09. The van der Waals surface area contributed by atoms with Gasteiger partial charge in [-0.15, -0.1) is 0 Å². The van der Waals surface area contributed by atoms with Crippen LogP contribution in [0.1, 0.15) is 33.2 Å². The molecule has 86 valence electrons. The molecule has 1 aromatic rings. The Morgan fingerprint density at radius 3 is 2.50 bits per heavy atom. The van der Waals surface area contributed by atoms with Crippen molar-refractivity contribution < 1.29 is 14.8 Å². The van der Waals surface area contributed by atoms with Crippen LogP contribution >= 0.6 is 15.9 Å². The first-order valence-corrected chi connectivity index (χ1v) is 5.43. The van der Waals surface area contributed by atoms with Gasteiger partial charge < -0.3 is 5.11 Å². The van der Waals surface area contributed by atoms with Gasteiger partial charge in [0.25, 0.3) is 5.69 Å². The molecule has 0 aromatic heterocycles. The summed E-state index contributed by atoms with van der Waals surface area (Å²) in [6.45, 7) is 3.20. The molecule has 6 heteroatoms. The molecule has 1 rings (SSSR count). The maximum atomic E-state index is 10.9.